The van der Waals surface area contributed by atoms with Crippen LogP contribution >= 0.6 is 11.8 Å². The summed E-state index contributed by atoms with van der Waals surface area (Å²) >= 11 is 1.77. The summed E-state index contributed by atoms with van der Waals surface area (Å²) in [5, 5.41) is 0.412. The summed E-state index contributed by atoms with van der Waals surface area (Å²) in [6, 6.07) is 7.88. The Morgan fingerprint density at radius 1 is 1.21 bits per heavy atom. The number of rotatable bonds is 2. The number of nitrogens with zero attached hydrogens (tertiary/aromatic N) is 5. The first kappa shape index (κ1) is 18.5. The van der Waals surface area contributed by atoms with Gasteiger partial charge in [0.2, 0.25) is 5.91 Å². The summed E-state index contributed by atoms with van der Waals surface area (Å²) in [7, 11) is 2.99. The molecule has 9 heteroatoms. The van der Waals surface area contributed by atoms with Crippen LogP contribution in [0.15, 0.2) is 45.1 Å². The Morgan fingerprint density at radius 2 is 1.96 bits per heavy atom. The molecule has 0 saturated heterocycles. The number of carbonyl (C=O) groups excluding carboxylic acids is 1. The molecule has 3 heterocycles. The minimum Gasteiger partial charge on any atom is -0.315 e. The molecule has 0 bridgehead atoms. The predicted molar refractivity (Wildman–Crippen MR) is 109 cm³/mol. The SMILES string of the molecule is C[C@@H]1CCN(C(=O)Cn2cnc3c2c(=O)n(C)c(=O)n3C)c2ccccc2S1. The Morgan fingerprint density at radius 3 is 2.75 bits per heavy atom. The zero-order valence-corrected chi connectivity index (χ0v) is 16.8. The molecule has 1 atom stereocenters. The number of aromatic nitrogens is 4. The number of hydrogen-bond acceptors (Lipinski definition) is 5. The standard InChI is InChI=1S/C19H21N5O3S/c1-12-8-9-24(13-6-4-5-7-14(13)28-12)15(25)10-23-11-20-17-16(23)18(26)22(3)19(27)21(17)2/h4-7,11-12H,8-10H2,1-3H3/t12-/m1/s1. The zero-order chi connectivity index (χ0) is 20.0. The number of para-hydroxylation sites is 1. The maximum absolute atomic E-state index is 13.2. The first-order valence-corrected chi connectivity index (χ1v) is 9.93. The molecule has 2 aromatic heterocycles. The fourth-order valence-electron chi connectivity index (χ4n) is 3.49. The second kappa shape index (κ2) is 6.97. The topological polar surface area (TPSA) is 82.1 Å². The van der Waals surface area contributed by atoms with Crippen molar-refractivity contribution in [3.63, 3.8) is 0 Å². The number of anilines is 1. The molecule has 146 valence electrons. The molecule has 0 saturated carbocycles. The number of hydrogen-bond donors (Lipinski definition) is 0. The Hall–Kier alpha value is -2.81. The van der Waals surface area contributed by atoms with Gasteiger partial charge in [0.15, 0.2) is 11.2 Å². The third kappa shape index (κ3) is 2.95. The van der Waals surface area contributed by atoms with Crippen LogP contribution in [-0.4, -0.2) is 36.4 Å². The summed E-state index contributed by atoms with van der Waals surface area (Å²) in [4.78, 5) is 44.9. The second-order valence-electron chi connectivity index (χ2n) is 6.98. The van der Waals surface area contributed by atoms with Crippen LogP contribution in [0.2, 0.25) is 0 Å². The van der Waals surface area contributed by atoms with Crippen molar-refractivity contribution in [3.05, 3.63) is 51.4 Å². The van der Waals surface area contributed by atoms with E-state index in [4.69, 9.17) is 0 Å². The molecule has 3 aromatic rings. The van der Waals surface area contributed by atoms with Gasteiger partial charge in [0, 0.05) is 30.8 Å². The maximum Gasteiger partial charge on any atom is 0.332 e. The Balaban J connectivity index is 1.74. The normalized spacial score (nSPS) is 16.8. The molecule has 0 N–H and O–H groups in total. The summed E-state index contributed by atoms with van der Waals surface area (Å²) in [6.07, 6.45) is 2.33. The van der Waals surface area contributed by atoms with Crippen molar-refractivity contribution in [1.29, 1.82) is 0 Å². The van der Waals surface area contributed by atoms with Gasteiger partial charge < -0.3 is 9.47 Å². The lowest BCUT2D eigenvalue weighted by Crippen LogP contribution is -2.39. The minimum absolute atomic E-state index is 0.0165. The van der Waals surface area contributed by atoms with Crippen molar-refractivity contribution in [1.82, 2.24) is 18.7 Å². The number of carbonyl (C=O) groups is 1. The van der Waals surface area contributed by atoms with E-state index in [-0.39, 0.29) is 23.6 Å². The molecule has 0 fully saturated rings. The summed E-state index contributed by atoms with van der Waals surface area (Å²) in [5.41, 5.74) is 0.530. The largest absolute Gasteiger partial charge is 0.332 e. The van der Waals surface area contributed by atoms with Gasteiger partial charge in [0.25, 0.3) is 5.56 Å². The second-order valence-corrected chi connectivity index (χ2v) is 8.46. The molecular weight excluding hydrogens is 378 g/mol. The molecule has 1 aromatic carbocycles. The Bertz CT molecular complexity index is 1190. The molecule has 1 aliphatic heterocycles. The smallest absolute Gasteiger partial charge is 0.315 e. The van der Waals surface area contributed by atoms with E-state index in [1.807, 2.05) is 24.3 Å². The number of aryl methyl sites for hydroxylation is 1. The van der Waals surface area contributed by atoms with Gasteiger partial charge in [0.05, 0.1) is 12.0 Å². The molecule has 4 rings (SSSR count). The highest BCUT2D eigenvalue weighted by atomic mass is 32.2. The third-order valence-corrected chi connectivity index (χ3v) is 6.30. The van der Waals surface area contributed by atoms with Crippen LogP contribution in [0.5, 0.6) is 0 Å². The average molecular weight is 399 g/mol. The van der Waals surface area contributed by atoms with Crippen LogP contribution in [0.1, 0.15) is 13.3 Å². The summed E-state index contributed by atoms with van der Waals surface area (Å²) in [5.74, 6) is -0.114. The quantitative estimate of drug-likeness (QED) is 0.650. The summed E-state index contributed by atoms with van der Waals surface area (Å²) in [6.45, 7) is 2.76. The zero-order valence-electron chi connectivity index (χ0n) is 16.0. The highest BCUT2D eigenvalue weighted by Gasteiger charge is 2.25. The fourth-order valence-corrected chi connectivity index (χ4v) is 4.61. The fraction of sp³-hybridized carbons (Fsp3) is 0.368. The van der Waals surface area contributed by atoms with Crippen molar-refractivity contribution < 1.29 is 4.79 Å². The van der Waals surface area contributed by atoms with Crippen LogP contribution in [-0.2, 0) is 25.4 Å². The molecule has 8 nitrogen and oxygen atoms in total. The Kier molecular flexibility index (Phi) is 4.62. The van der Waals surface area contributed by atoms with E-state index in [1.54, 1.807) is 23.7 Å². The number of amides is 1. The highest BCUT2D eigenvalue weighted by molar-refractivity contribution is 8.00. The molecule has 1 aliphatic rings. The van der Waals surface area contributed by atoms with Crippen LogP contribution in [0.25, 0.3) is 11.2 Å². The van der Waals surface area contributed by atoms with E-state index in [2.05, 4.69) is 11.9 Å². The lowest BCUT2D eigenvalue weighted by molar-refractivity contribution is -0.119. The molecule has 0 unspecified atom stereocenters. The first-order valence-electron chi connectivity index (χ1n) is 9.05. The van der Waals surface area contributed by atoms with Crippen molar-refractivity contribution in [2.75, 3.05) is 11.4 Å². The number of imidazole rings is 1. The van der Waals surface area contributed by atoms with E-state index >= 15 is 0 Å². The lowest BCUT2D eigenvalue weighted by atomic mass is 10.2. The van der Waals surface area contributed by atoms with Crippen LogP contribution in [0.4, 0.5) is 5.69 Å². The van der Waals surface area contributed by atoms with Gasteiger partial charge in [-0.1, -0.05) is 19.1 Å². The first-order chi connectivity index (χ1) is 13.4. The van der Waals surface area contributed by atoms with Crippen LogP contribution < -0.4 is 16.1 Å². The van der Waals surface area contributed by atoms with E-state index < -0.39 is 11.2 Å². The monoisotopic (exact) mass is 399 g/mol. The maximum atomic E-state index is 13.2. The van der Waals surface area contributed by atoms with Crippen molar-refractivity contribution >= 4 is 34.5 Å². The van der Waals surface area contributed by atoms with Gasteiger partial charge in [0.1, 0.15) is 6.54 Å². The molecule has 0 radical (unpaired) electrons. The average Bonchev–Trinajstić information content (AvgIpc) is 3.01. The van der Waals surface area contributed by atoms with E-state index in [9.17, 15) is 14.4 Å². The van der Waals surface area contributed by atoms with Gasteiger partial charge in [-0.25, -0.2) is 9.78 Å². The number of fused-ring (bicyclic) bond motifs is 2. The van der Waals surface area contributed by atoms with E-state index in [1.165, 1.54) is 22.5 Å². The molecule has 28 heavy (non-hydrogen) atoms. The summed E-state index contributed by atoms with van der Waals surface area (Å²) < 4.78 is 3.88. The van der Waals surface area contributed by atoms with Crippen molar-refractivity contribution in [2.24, 2.45) is 14.1 Å². The van der Waals surface area contributed by atoms with Gasteiger partial charge in [-0.15, -0.1) is 11.8 Å². The lowest BCUT2D eigenvalue weighted by Gasteiger charge is -2.22. The van der Waals surface area contributed by atoms with E-state index in [0.717, 1.165) is 21.6 Å². The van der Waals surface area contributed by atoms with Gasteiger partial charge in [-0.05, 0) is 18.6 Å². The van der Waals surface area contributed by atoms with Gasteiger partial charge in [-0.3, -0.25) is 18.7 Å². The molecule has 0 aliphatic carbocycles. The van der Waals surface area contributed by atoms with Crippen LogP contribution in [0, 0.1) is 0 Å². The molecule has 1 amide bonds. The third-order valence-electron chi connectivity index (χ3n) is 5.07. The minimum atomic E-state index is -0.455. The number of benzene rings is 1. The highest BCUT2D eigenvalue weighted by Crippen LogP contribution is 2.37. The predicted octanol–water partition coefficient (Wildman–Crippen LogP) is 1.35. The van der Waals surface area contributed by atoms with Crippen molar-refractivity contribution in [3.8, 4) is 0 Å². The van der Waals surface area contributed by atoms with E-state index in [0.29, 0.717) is 11.8 Å². The van der Waals surface area contributed by atoms with Gasteiger partial charge in [-0.2, -0.15) is 0 Å². The van der Waals surface area contributed by atoms with Crippen LogP contribution in [0.3, 0.4) is 0 Å². The molecular formula is C19H21N5O3S. The van der Waals surface area contributed by atoms with Gasteiger partial charge >= 0.3 is 5.69 Å². The van der Waals surface area contributed by atoms with Crippen molar-refractivity contribution in [2.45, 2.75) is 30.0 Å². The Labute approximate surface area is 165 Å². The molecule has 0 spiro atoms. The number of thioether (sulfide) groups is 1.